The van der Waals surface area contributed by atoms with Crippen LogP contribution >= 0.6 is 0 Å². The Kier molecular flexibility index (Phi) is 4.01. The molecular weight excluding hydrogens is 148 g/mol. The molecule has 0 fully saturated rings. The van der Waals surface area contributed by atoms with Gasteiger partial charge in [-0.1, -0.05) is 6.08 Å². The second kappa shape index (κ2) is 4.29. The Morgan fingerprint density at radius 3 is 2.25 bits per heavy atom. The van der Waals surface area contributed by atoms with E-state index in [-0.39, 0.29) is 5.54 Å². The zero-order valence-corrected chi connectivity index (χ0v) is 8.83. The smallest absolute Gasteiger partial charge is 0.0860 e. The van der Waals surface area contributed by atoms with Crippen molar-refractivity contribution in [2.24, 2.45) is 4.99 Å². The van der Waals surface area contributed by atoms with Crippen molar-refractivity contribution in [1.29, 1.82) is 0 Å². The predicted octanol–water partition coefficient (Wildman–Crippen LogP) is 2.32. The molecule has 0 saturated carbocycles. The predicted molar refractivity (Wildman–Crippen MR) is 55.7 cm³/mol. The Hall–Kier alpha value is -0.790. The second-order valence-electron chi connectivity index (χ2n) is 3.86. The molecule has 0 N–H and O–H groups in total. The van der Waals surface area contributed by atoms with Gasteiger partial charge in [-0.25, -0.2) is 0 Å². The van der Waals surface area contributed by atoms with Crippen LogP contribution in [0.4, 0.5) is 0 Å². The Bertz CT molecular complexity index is 169. The molecule has 0 amide bonds. The van der Waals surface area contributed by atoms with Crippen LogP contribution in [-0.2, 0) is 0 Å². The fraction of sp³-hybridized carbons (Fsp3) is 0.700. The summed E-state index contributed by atoms with van der Waals surface area (Å²) >= 11 is 0. The molecule has 0 spiro atoms. The van der Waals surface area contributed by atoms with Crippen molar-refractivity contribution in [3.05, 3.63) is 12.7 Å². The summed E-state index contributed by atoms with van der Waals surface area (Å²) in [7, 11) is 2.02. The number of rotatable bonds is 4. The monoisotopic (exact) mass is 168 g/mol. The highest BCUT2D eigenvalue weighted by molar-refractivity contribution is 5.55. The van der Waals surface area contributed by atoms with Crippen LogP contribution in [0.3, 0.4) is 0 Å². The molecule has 0 aromatic carbocycles. The van der Waals surface area contributed by atoms with Gasteiger partial charge in [0.05, 0.1) is 11.9 Å². The molecule has 0 rings (SSSR count). The Morgan fingerprint density at radius 2 is 1.92 bits per heavy atom. The van der Waals surface area contributed by atoms with Crippen LogP contribution in [0.5, 0.6) is 0 Å². The minimum Gasteiger partial charge on any atom is -0.364 e. The van der Waals surface area contributed by atoms with Gasteiger partial charge in [0.1, 0.15) is 0 Å². The third-order valence-electron chi connectivity index (χ3n) is 1.89. The van der Waals surface area contributed by atoms with E-state index in [4.69, 9.17) is 0 Å². The lowest BCUT2D eigenvalue weighted by molar-refractivity contribution is 0.424. The van der Waals surface area contributed by atoms with Gasteiger partial charge in [-0.15, -0.1) is 6.58 Å². The summed E-state index contributed by atoms with van der Waals surface area (Å²) in [5.41, 5.74) is -0.150. The average molecular weight is 168 g/mol. The summed E-state index contributed by atoms with van der Waals surface area (Å²) in [5, 5.41) is 0. The summed E-state index contributed by atoms with van der Waals surface area (Å²) in [4.78, 5) is 6.45. The SMILES string of the molecule is C=CC(C)(C)N=CN(C)C(C)C. The van der Waals surface area contributed by atoms with E-state index in [1.165, 1.54) is 0 Å². The van der Waals surface area contributed by atoms with Crippen LogP contribution in [0.1, 0.15) is 27.7 Å². The Morgan fingerprint density at radius 1 is 1.42 bits per heavy atom. The summed E-state index contributed by atoms with van der Waals surface area (Å²) in [6.45, 7) is 12.1. The molecule has 0 unspecified atom stereocenters. The summed E-state index contributed by atoms with van der Waals surface area (Å²) in [5.74, 6) is 0. The fourth-order valence-electron chi connectivity index (χ4n) is 0.426. The zero-order valence-electron chi connectivity index (χ0n) is 8.83. The van der Waals surface area contributed by atoms with Crippen LogP contribution in [0, 0.1) is 0 Å². The molecule has 0 bridgehead atoms. The van der Waals surface area contributed by atoms with Crippen LogP contribution in [0.25, 0.3) is 0 Å². The molecule has 0 saturated heterocycles. The van der Waals surface area contributed by atoms with Crippen molar-refractivity contribution in [2.45, 2.75) is 39.3 Å². The highest BCUT2D eigenvalue weighted by atomic mass is 15.1. The van der Waals surface area contributed by atoms with Gasteiger partial charge in [0, 0.05) is 13.1 Å². The third-order valence-corrected chi connectivity index (χ3v) is 1.89. The van der Waals surface area contributed by atoms with E-state index in [2.05, 4.69) is 30.3 Å². The van der Waals surface area contributed by atoms with Crippen LogP contribution in [-0.4, -0.2) is 29.9 Å². The van der Waals surface area contributed by atoms with Crippen molar-refractivity contribution < 1.29 is 0 Å². The van der Waals surface area contributed by atoms with Crippen LogP contribution in [0.15, 0.2) is 17.6 Å². The van der Waals surface area contributed by atoms with E-state index in [1.807, 2.05) is 33.3 Å². The maximum atomic E-state index is 4.38. The van der Waals surface area contributed by atoms with Crippen LogP contribution in [0.2, 0.25) is 0 Å². The van der Waals surface area contributed by atoms with E-state index in [0.717, 1.165) is 0 Å². The lowest BCUT2D eigenvalue weighted by Gasteiger charge is -2.20. The molecule has 0 radical (unpaired) electrons. The summed E-state index contributed by atoms with van der Waals surface area (Å²) in [6.07, 6.45) is 3.71. The van der Waals surface area contributed by atoms with Gasteiger partial charge >= 0.3 is 0 Å². The molecule has 0 aliphatic rings. The van der Waals surface area contributed by atoms with Gasteiger partial charge in [-0.2, -0.15) is 0 Å². The average Bonchev–Trinajstić information content (AvgIpc) is 2.00. The molecule has 2 nitrogen and oxygen atoms in total. The molecule has 12 heavy (non-hydrogen) atoms. The first-order valence-electron chi connectivity index (χ1n) is 4.30. The van der Waals surface area contributed by atoms with Crippen molar-refractivity contribution in [2.75, 3.05) is 7.05 Å². The molecule has 0 aliphatic heterocycles. The van der Waals surface area contributed by atoms with E-state index >= 15 is 0 Å². The maximum absolute atomic E-state index is 4.38. The molecule has 0 aliphatic carbocycles. The quantitative estimate of drug-likeness (QED) is 0.357. The van der Waals surface area contributed by atoms with Gasteiger partial charge in [-0.3, -0.25) is 4.99 Å². The zero-order chi connectivity index (χ0) is 9.78. The molecular formula is C10H20N2. The van der Waals surface area contributed by atoms with Gasteiger partial charge < -0.3 is 4.90 Å². The largest absolute Gasteiger partial charge is 0.364 e. The topological polar surface area (TPSA) is 15.6 Å². The van der Waals surface area contributed by atoms with Gasteiger partial charge in [0.2, 0.25) is 0 Å². The highest BCUT2D eigenvalue weighted by Gasteiger charge is 2.08. The fourth-order valence-corrected chi connectivity index (χ4v) is 0.426. The van der Waals surface area contributed by atoms with E-state index in [1.54, 1.807) is 0 Å². The lowest BCUT2D eigenvalue weighted by Crippen LogP contribution is -2.26. The summed E-state index contributed by atoms with van der Waals surface area (Å²) in [6, 6.07) is 0.495. The van der Waals surface area contributed by atoms with Gasteiger partial charge in [0.15, 0.2) is 0 Å². The van der Waals surface area contributed by atoms with E-state index in [9.17, 15) is 0 Å². The first kappa shape index (κ1) is 11.2. The second-order valence-corrected chi connectivity index (χ2v) is 3.86. The molecule has 0 heterocycles. The van der Waals surface area contributed by atoms with Crippen molar-refractivity contribution >= 4 is 6.34 Å². The molecule has 0 aromatic heterocycles. The van der Waals surface area contributed by atoms with Crippen molar-refractivity contribution in [1.82, 2.24) is 4.90 Å². The number of hydrogen-bond donors (Lipinski definition) is 0. The number of nitrogens with zero attached hydrogens (tertiary/aromatic N) is 2. The van der Waals surface area contributed by atoms with Crippen molar-refractivity contribution in [3.63, 3.8) is 0 Å². The van der Waals surface area contributed by atoms with E-state index < -0.39 is 0 Å². The van der Waals surface area contributed by atoms with Crippen molar-refractivity contribution in [3.8, 4) is 0 Å². The van der Waals surface area contributed by atoms with E-state index in [0.29, 0.717) is 6.04 Å². The highest BCUT2D eigenvalue weighted by Crippen LogP contribution is 2.08. The summed E-state index contributed by atoms with van der Waals surface area (Å²) < 4.78 is 0. The first-order chi connectivity index (χ1) is 5.39. The number of aliphatic imine (C=N–C) groups is 1. The number of hydrogen-bond acceptors (Lipinski definition) is 1. The minimum atomic E-state index is -0.150. The van der Waals surface area contributed by atoms with Gasteiger partial charge in [0.25, 0.3) is 0 Å². The maximum Gasteiger partial charge on any atom is 0.0860 e. The molecule has 70 valence electrons. The molecule has 0 atom stereocenters. The Labute approximate surface area is 76.0 Å². The molecule has 0 aromatic rings. The lowest BCUT2D eigenvalue weighted by atomic mass is 10.1. The standard InChI is InChI=1S/C10H20N2/c1-7-10(4,5)11-8-12(6)9(2)3/h7-9H,1H2,2-6H3. The normalized spacial score (nSPS) is 12.5. The minimum absolute atomic E-state index is 0.150. The molecule has 2 heteroatoms. The van der Waals surface area contributed by atoms with Gasteiger partial charge in [-0.05, 0) is 27.7 Å². The Balaban J connectivity index is 4.14. The third kappa shape index (κ3) is 4.16. The first-order valence-corrected chi connectivity index (χ1v) is 4.30. The van der Waals surface area contributed by atoms with Crippen LogP contribution < -0.4 is 0 Å².